The van der Waals surface area contributed by atoms with Gasteiger partial charge in [0.25, 0.3) is 5.91 Å². The number of morpholine rings is 1. The van der Waals surface area contributed by atoms with Crippen LogP contribution in [0.5, 0.6) is 0 Å². The van der Waals surface area contributed by atoms with Gasteiger partial charge in [0.15, 0.2) is 6.61 Å². The number of esters is 1. The van der Waals surface area contributed by atoms with Crippen LogP contribution in [-0.2, 0) is 30.8 Å². The summed E-state index contributed by atoms with van der Waals surface area (Å²) in [6.07, 6.45) is 0. The Balaban J connectivity index is 1.60. The van der Waals surface area contributed by atoms with Crippen molar-refractivity contribution in [1.29, 1.82) is 0 Å². The highest BCUT2D eigenvalue weighted by molar-refractivity contribution is 7.89. The number of amides is 1. The van der Waals surface area contributed by atoms with Crippen LogP contribution in [0.2, 0.25) is 0 Å². The van der Waals surface area contributed by atoms with Crippen LogP contribution in [0.1, 0.15) is 27.0 Å². The van der Waals surface area contributed by atoms with E-state index in [2.05, 4.69) is 5.32 Å². The van der Waals surface area contributed by atoms with Gasteiger partial charge in [-0.15, -0.1) is 0 Å². The van der Waals surface area contributed by atoms with Crippen LogP contribution in [0.3, 0.4) is 0 Å². The number of rotatable bonds is 7. The highest BCUT2D eigenvalue weighted by atomic mass is 32.2. The third-order valence-corrected chi connectivity index (χ3v) is 7.00. The molecule has 0 radical (unpaired) electrons. The summed E-state index contributed by atoms with van der Waals surface area (Å²) in [5, 5.41) is 2.68. The van der Waals surface area contributed by atoms with Gasteiger partial charge in [0.2, 0.25) is 10.0 Å². The van der Waals surface area contributed by atoms with Crippen LogP contribution in [0.25, 0.3) is 0 Å². The second-order valence-corrected chi connectivity index (χ2v) is 9.24. The zero-order chi connectivity index (χ0) is 22.4. The fourth-order valence-corrected chi connectivity index (χ4v) is 4.76. The van der Waals surface area contributed by atoms with Crippen molar-refractivity contribution < 1.29 is 27.5 Å². The molecule has 1 aliphatic heterocycles. The molecule has 1 saturated heterocycles. The number of hydrogen-bond acceptors (Lipinski definition) is 6. The summed E-state index contributed by atoms with van der Waals surface area (Å²) in [7, 11) is -3.76. The van der Waals surface area contributed by atoms with Gasteiger partial charge in [-0.05, 0) is 37.1 Å². The predicted molar refractivity (Wildman–Crippen MR) is 114 cm³/mol. The first-order valence-corrected chi connectivity index (χ1v) is 11.4. The molecule has 0 atom stereocenters. The first kappa shape index (κ1) is 22.9. The van der Waals surface area contributed by atoms with E-state index >= 15 is 0 Å². The lowest BCUT2D eigenvalue weighted by Gasteiger charge is -2.26. The van der Waals surface area contributed by atoms with Crippen LogP contribution < -0.4 is 5.32 Å². The van der Waals surface area contributed by atoms with Crippen molar-refractivity contribution in [2.24, 2.45) is 0 Å². The normalized spacial score (nSPS) is 14.8. The molecule has 0 aliphatic carbocycles. The molecule has 2 aromatic carbocycles. The SMILES string of the molecule is Cc1ccc(CNC(=O)COC(=O)c2ccc(C)c(S(=O)(=O)N3CCOCC3)c2)cc1. The smallest absolute Gasteiger partial charge is 0.338 e. The molecule has 1 amide bonds. The number of benzene rings is 2. The maximum atomic E-state index is 12.9. The molecule has 166 valence electrons. The molecule has 1 fully saturated rings. The highest BCUT2D eigenvalue weighted by Gasteiger charge is 2.28. The average molecular weight is 447 g/mol. The first-order valence-electron chi connectivity index (χ1n) is 9.95. The fraction of sp³-hybridized carbons (Fsp3) is 0.364. The second kappa shape index (κ2) is 10.0. The van der Waals surface area contributed by atoms with Gasteiger partial charge in [0.1, 0.15) is 0 Å². The van der Waals surface area contributed by atoms with Crippen molar-refractivity contribution in [3.05, 3.63) is 64.7 Å². The Bertz CT molecular complexity index is 1040. The van der Waals surface area contributed by atoms with E-state index in [0.29, 0.717) is 25.3 Å². The number of sulfonamides is 1. The minimum Gasteiger partial charge on any atom is -0.452 e. The van der Waals surface area contributed by atoms with E-state index in [-0.39, 0.29) is 23.5 Å². The van der Waals surface area contributed by atoms with Crippen molar-refractivity contribution in [2.75, 3.05) is 32.9 Å². The van der Waals surface area contributed by atoms with E-state index in [1.54, 1.807) is 13.0 Å². The van der Waals surface area contributed by atoms with Gasteiger partial charge in [0.05, 0.1) is 23.7 Å². The predicted octanol–water partition coefficient (Wildman–Crippen LogP) is 1.80. The molecule has 1 heterocycles. The van der Waals surface area contributed by atoms with Gasteiger partial charge in [-0.1, -0.05) is 35.9 Å². The number of aryl methyl sites for hydroxylation is 2. The van der Waals surface area contributed by atoms with Gasteiger partial charge < -0.3 is 14.8 Å². The van der Waals surface area contributed by atoms with Crippen molar-refractivity contribution in [1.82, 2.24) is 9.62 Å². The molecule has 31 heavy (non-hydrogen) atoms. The van der Waals surface area contributed by atoms with Crippen LogP contribution in [0, 0.1) is 13.8 Å². The van der Waals surface area contributed by atoms with E-state index in [4.69, 9.17) is 9.47 Å². The Morgan fingerprint density at radius 2 is 1.74 bits per heavy atom. The highest BCUT2D eigenvalue weighted by Crippen LogP contribution is 2.22. The van der Waals surface area contributed by atoms with Gasteiger partial charge >= 0.3 is 5.97 Å². The Labute approximate surface area is 182 Å². The van der Waals surface area contributed by atoms with Crippen molar-refractivity contribution in [3.8, 4) is 0 Å². The molecule has 0 saturated carbocycles. The number of nitrogens with one attached hydrogen (secondary N) is 1. The third-order valence-electron chi connectivity index (χ3n) is 4.96. The van der Waals surface area contributed by atoms with Crippen LogP contribution in [0.4, 0.5) is 0 Å². The minimum absolute atomic E-state index is 0.0488. The van der Waals surface area contributed by atoms with Gasteiger partial charge in [0, 0.05) is 19.6 Å². The van der Waals surface area contributed by atoms with Gasteiger partial charge in [-0.3, -0.25) is 4.79 Å². The maximum Gasteiger partial charge on any atom is 0.338 e. The molecular weight excluding hydrogens is 420 g/mol. The number of carbonyl (C=O) groups excluding carboxylic acids is 2. The molecule has 0 aromatic heterocycles. The summed E-state index contributed by atoms with van der Waals surface area (Å²) in [5.74, 6) is -1.20. The van der Waals surface area contributed by atoms with Crippen molar-refractivity contribution >= 4 is 21.9 Å². The van der Waals surface area contributed by atoms with Crippen LogP contribution in [0.15, 0.2) is 47.4 Å². The summed E-state index contributed by atoms with van der Waals surface area (Å²) in [6.45, 7) is 4.70. The van der Waals surface area contributed by atoms with E-state index in [1.807, 2.05) is 31.2 Å². The lowest BCUT2D eigenvalue weighted by molar-refractivity contribution is -0.124. The molecule has 0 unspecified atom stereocenters. The summed E-state index contributed by atoms with van der Waals surface area (Å²) >= 11 is 0. The zero-order valence-electron chi connectivity index (χ0n) is 17.6. The Morgan fingerprint density at radius 1 is 1.06 bits per heavy atom. The number of ether oxygens (including phenoxy) is 2. The van der Waals surface area contributed by atoms with E-state index in [1.165, 1.54) is 16.4 Å². The fourth-order valence-electron chi connectivity index (χ4n) is 3.10. The Hall–Kier alpha value is -2.75. The molecule has 9 heteroatoms. The third kappa shape index (κ3) is 5.90. The topological polar surface area (TPSA) is 102 Å². The van der Waals surface area contributed by atoms with E-state index < -0.39 is 28.5 Å². The molecular formula is C22H26N2O6S. The number of nitrogens with zero attached hydrogens (tertiary/aromatic N) is 1. The maximum absolute atomic E-state index is 12.9. The zero-order valence-corrected chi connectivity index (χ0v) is 18.4. The minimum atomic E-state index is -3.76. The lowest BCUT2D eigenvalue weighted by Crippen LogP contribution is -2.40. The molecule has 2 aromatic rings. The van der Waals surface area contributed by atoms with Gasteiger partial charge in [-0.2, -0.15) is 4.31 Å². The van der Waals surface area contributed by atoms with Gasteiger partial charge in [-0.25, -0.2) is 13.2 Å². The summed E-state index contributed by atoms with van der Waals surface area (Å²) in [4.78, 5) is 24.4. The standard InChI is InChI=1S/C22H26N2O6S/c1-16-3-6-18(7-4-16)14-23-21(25)15-30-22(26)19-8-5-17(2)20(13-19)31(27,28)24-9-11-29-12-10-24/h3-8,13H,9-12,14-15H2,1-2H3,(H,23,25). The first-order chi connectivity index (χ1) is 14.8. The summed E-state index contributed by atoms with van der Waals surface area (Å²) < 4.78 is 37.5. The number of hydrogen-bond donors (Lipinski definition) is 1. The molecule has 1 aliphatic rings. The molecule has 0 bridgehead atoms. The largest absolute Gasteiger partial charge is 0.452 e. The lowest BCUT2D eigenvalue weighted by atomic mass is 10.1. The Kier molecular flexibility index (Phi) is 7.42. The van der Waals surface area contributed by atoms with Crippen molar-refractivity contribution in [3.63, 3.8) is 0 Å². The van der Waals surface area contributed by atoms with Crippen LogP contribution in [-0.4, -0.2) is 57.5 Å². The van der Waals surface area contributed by atoms with Crippen molar-refractivity contribution in [2.45, 2.75) is 25.3 Å². The van der Waals surface area contributed by atoms with Crippen LogP contribution >= 0.6 is 0 Å². The molecule has 1 N–H and O–H groups in total. The quantitative estimate of drug-likeness (QED) is 0.651. The molecule has 3 rings (SSSR count). The van der Waals surface area contributed by atoms with E-state index in [9.17, 15) is 18.0 Å². The monoisotopic (exact) mass is 446 g/mol. The summed E-state index contributed by atoms with van der Waals surface area (Å²) in [6, 6.07) is 12.0. The Morgan fingerprint density at radius 3 is 2.42 bits per heavy atom. The average Bonchev–Trinajstić information content (AvgIpc) is 2.78. The summed E-state index contributed by atoms with van der Waals surface area (Å²) in [5.41, 5.74) is 2.65. The van der Waals surface area contributed by atoms with E-state index in [0.717, 1.165) is 11.1 Å². The second-order valence-electron chi connectivity index (χ2n) is 7.34. The molecule has 8 nitrogen and oxygen atoms in total. The molecule has 0 spiro atoms. The number of carbonyl (C=O) groups is 2.